The first-order chi connectivity index (χ1) is 15.5. The van der Waals surface area contributed by atoms with Crippen molar-refractivity contribution in [3.63, 3.8) is 0 Å². The first-order valence-corrected chi connectivity index (χ1v) is 9.82. The van der Waals surface area contributed by atoms with Gasteiger partial charge in [-0.1, -0.05) is 6.07 Å². The van der Waals surface area contributed by atoms with Gasteiger partial charge in [0.05, 0.1) is 19.8 Å². The molecule has 3 amide bonds. The van der Waals surface area contributed by atoms with Crippen LogP contribution >= 0.6 is 0 Å². The fourth-order valence-electron chi connectivity index (χ4n) is 3.49. The summed E-state index contributed by atoms with van der Waals surface area (Å²) in [5.74, 6) is -0.453. The Kier molecular flexibility index (Phi) is 7.40. The van der Waals surface area contributed by atoms with E-state index < -0.39 is 23.9 Å². The lowest BCUT2D eigenvalue weighted by Gasteiger charge is -2.21. The molecule has 0 bridgehead atoms. The summed E-state index contributed by atoms with van der Waals surface area (Å²) >= 11 is 0. The molecule has 3 rings (SSSR count). The minimum Gasteiger partial charge on any atom is -0.493 e. The number of carbonyl (C=O) groups excluding carboxylic acids is 3. The van der Waals surface area contributed by atoms with Gasteiger partial charge in [-0.2, -0.15) is 0 Å². The molecule has 0 saturated carbocycles. The van der Waals surface area contributed by atoms with E-state index in [0.717, 1.165) is 0 Å². The molecule has 1 aromatic carbocycles. The normalized spacial score (nSPS) is 17.8. The molecule has 0 radical (unpaired) electrons. The maximum absolute atomic E-state index is 12.8. The highest BCUT2D eigenvalue weighted by atomic mass is 16.5. The van der Waals surface area contributed by atoms with Gasteiger partial charge in [-0.15, -0.1) is 0 Å². The molecule has 1 saturated heterocycles. The van der Waals surface area contributed by atoms with Gasteiger partial charge in [-0.05, 0) is 42.3 Å². The van der Waals surface area contributed by atoms with Crippen molar-refractivity contribution in [2.24, 2.45) is 0 Å². The van der Waals surface area contributed by atoms with Crippen LogP contribution in [0.1, 0.15) is 22.3 Å². The van der Waals surface area contributed by atoms with E-state index in [1.807, 2.05) is 0 Å². The van der Waals surface area contributed by atoms with Gasteiger partial charge in [0.25, 0.3) is 11.8 Å². The summed E-state index contributed by atoms with van der Waals surface area (Å²) in [5, 5.41) is 11.9. The standard InChI is InChI=1S/C22H24N4O6/c1-31-18-7-5-14(10-19(18)32-2)6-8-20(27)26-13-16(11-17(26)22(29)25-30)24-21(28)15-4-3-9-23-12-15/h3-10,12,16-17,30H,11,13H2,1-2H3,(H,24,28)(H,25,29)/b8-6+. The molecule has 1 aliphatic heterocycles. The highest BCUT2D eigenvalue weighted by molar-refractivity contribution is 5.97. The van der Waals surface area contributed by atoms with E-state index in [1.165, 1.54) is 31.4 Å². The molecular weight excluding hydrogens is 416 g/mol. The Labute approximate surface area is 184 Å². The van der Waals surface area contributed by atoms with Gasteiger partial charge >= 0.3 is 0 Å². The van der Waals surface area contributed by atoms with Crippen LogP contribution < -0.4 is 20.3 Å². The fraction of sp³-hybridized carbons (Fsp3) is 0.273. The van der Waals surface area contributed by atoms with Crippen LogP contribution in [0.4, 0.5) is 0 Å². The van der Waals surface area contributed by atoms with Crippen molar-refractivity contribution in [1.29, 1.82) is 0 Å². The van der Waals surface area contributed by atoms with E-state index in [0.29, 0.717) is 22.6 Å². The van der Waals surface area contributed by atoms with Gasteiger partial charge in [-0.3, -0.25) is 24.6 Å². The second kappa shape index (κ2) is 10.4. The number of nitrogens with one attached hydrogen (secondary N) is 2. The number of methoxy groups -OCH3 is 2. The van der Waals surface area contributed by atoms with Crippen molar-refractivity contribution >= 4 is 23.8 Å². The van der Waals surface area contributed by atoms with Gasteiger partial charge < -0.3 is 19.7 Å². The number of likely N-dealkylation sites (tertiary alicyclic amines) is 1. The van der Waals surface area contributed by atoms with Crippen LogP contribution in [0.15, 0.2) is 48.8 Å². The molecule has 1 aliphatic rings. The van der Waals surface area contributed by atoms with E-state index in [4.69, 9.17) is 14.7 Å². The molecule has 3 N–H and O–H groups in total. The van der Waals surface area contributed by atoms with E-state index in [1.54, 1.807) is 48.1 Å². The van der Waals surface area contributed by atoms with Gasteiger partial charge in [0.15, 0.2) is 11.5 Å². The third-order valence-corrected chi connectivity index (χ3v) is 5.08. The maximum atomic E-state index is 12.8. The van der Waals surface area contributed by atoms with Crippen molar-refractivity contribution < 1.29 is 29.1 Å². The maximum Gasteiger partial charge on any atom is 0.266 e. The number of hydrogen-bond donors (Lipinski definition) is 3. The molecule has 2 aromatic rings. The number of carbonyl (C=O) groups is 3. The third-order valence-electron chi connectivity index (χ3n) is 5.08. The number of rotatable bonds is 7. The molecule has 168 valence electrons. The molecule has 2 atom stereocenters. The van der Waals surface area contributed by atoms with Crippen LogP contribution in [0.3, 0.4) is 0 Å². The van der Waals surface area contributed by atoms with Crippen molar-refractivity contribution in [3.8, 4) is 11.5 Å². The Morgan fingerprint density at radius 2 is 1.97 bits per heavy atom. The van der Waals surface area contributed by atoms with Crippen LogP contribution in [0.25, 0.3) is 6.08 Å². The number of hydrogen-bond acceptors (Lipinski definition) is 7. The monoisotopic (exact) mass is 440 g/mol. The van der Waals surface area contributed by atoms with Crippen LogP contribution in [0.5, 0.6) is 11.5 Å². The summed E-state index contributed by atoms with van der Waals surface area (Å²) in [4.78, 5) is 42.6. The van der Waals surface area contributed by atoms with E-state index in [-0.39, 0.29) is 18.9 Å². The van der Waals surface area contributed by atoms with Crippen LogP contribution in [-0.2, 0) is 9.59 Å². The lowest BCUT2D eigenvalue weighted by Crippen LogP contribution is -2.44. The first kappa shape index (κ1) is 22.8. The number of pyridine rings is 1. The van der Waals surface area contributed by atoms with Gasteiger partial charge in [0.1, 0.15) is 6.04 Å². The van der Waals surface area contributed by atoms with Crippen LogP contribution in [0.2, 0.25) is 0 Å². The molecule has 0 aliphatic carbocycles. The van der Waals surface area contributed by atoms with Crippen molar-refractivity contribution in [3.05, 3.63) is 59.9 Å². The third kappa shape index (κ3) is 5.22. The fourth-order valence-corrected chi connectivity index (χ4v) is 3.49. The first-order valence-electron chi connectivity index (χ1n) is 9.82. The van der Waals surface area contributed by atoms with Crippen LogP contribution in [0, 0.1) is 0 Å². The van der Waals surface area contributed by atoms with Crippen molar-refractivity contribution in [2.75, 3.05) is 20.8 Å². The summed E-state index contributed by atoms with van der Waals surface area (Å²) in [6.45, 7) is 0.110. The average molecular weight is 440 g/mol. The number of benzene rings is 1. The molecule has 2 heterocycles. The minimum atomic E-state index is -0.929. The van der Waals surface area contributed by atoms with E-state index in [9.17, 15) is 14.4 Å². The molecule has 2 unspecified atom stereocenters. The SMILES string of the molecule is COc1ccc(/C=C/C(=O)N2CC(NC(=O)c3cccnc3)CC2C(=O)NO)cc1OC. The molecule has 10 heteroatoms. The second-order valence-corrected chi connectivity index (χ2v) is 7.08. The van der Waals surface area contributed by atoms with Gasteiger partial charge in [-0.25, -0.2) is 5.48 Å². The van der Waals surface area contributed by atoms with Crippen LogP contribution in [-0.4, -0.2) is 65.7 Å². The summed E-state index contributed by atoms with van der Waals surface area (Å²) in [6.07, 6.45) is 6.05. The minimum absolute atomic E-state index is 0.110. The van der Waals surface area contributed by atoms with Gasteiger partial charge in [0, 0.05) is 31.1 Å². The smallest absolute Gasteiger partial charge is 0.266 e. The number of hydroxylamine groups is 1. The van der Waals surface area contributed by atoms with E-state index in [2.05, 4.69) is 10.3 Å². The zero-order valence-electron chi connectivity index (χ0n) is 17.6. The van der Waals surface area contributed by atoms with Crippen molar-refractivity contribution in [1.82, 2.24) is 20.7 Å². The van der Waals surface area contributed by atoms with Gasteiger partial charge in [0.2, 0.25) is 5.91 Å². The Hall–Kier alpha value is -3.92. The second-order valence-electron chi connectivity index (χ2n) is 7.08. The largest absolute Gasteiger partial charge is 0.493 e. The Bertz CT molecular complexity index is 1010. The predicted octanol–water partition coefficient (Wildman–Crippen LogP) is 1.02. The molecular formula is C22H24N4O6. The number of ether oxygens (including phenoxy) is 2. The Morgan fingerprint density at radius 1 is 1.19 bits per heavy atom. The molecule has 32 heavy (non-hydrogen) atoms. The highest BCUT2D eigenvalue weighted by Crippen LogP contribution is 2.28. The molecule has 1 fully saturated rings. The molecule has 1 aromatic heterocycles. The topological polar surface area (TPSA) is 130 Å². The quantitative estimate of drug-likeness (QED) is 0.333. The van der Waals surface area contributed by atoms with Crippen molar-refractivity contribution in [2.45, 2.75) is 18.5 Å². The summed E-state index contributed by atoms with van der Waals surface area (Å²) in [6, 6.07) is 7.03. The number of aromatic nitrogens is 1. The lowest BCUT2D eigenvalue weighted by atomic mass is 10.1. The number of nitrogens with zero attached hydrogens (tertiary/aromatic N) is 2. The lowest BCUT2D eigenvalue weighted by molar-refractivity contribution is -0.140. The Morgan fingerprint density at radius 3 is 2.62 bits per heavy atom. The van der Waals surface area contributed by atoms with E-state index >= 15 is 0 Å². The Balaban J connectivity index is 1.72. The molecule has 10 nitrogen and oxygen atoms in total. The molecule has 0 spiro atoms. The zero-order chi connectivity index (χ0) is 23.1. The number of amides is 3. The average Bonchev–Trinajstić information content (AvgIpc) is 3.26. The summed E-state index contributed by atoms with van der Waals surface area (Å²) in [5.41, 5.74) is 2.65. The highest BCUT2D eigenvalue weighted by Gasteiger charge is 2.39. The zero-order valence-corrected chi connectivity index (χ0v) is 17.6. The predicted molar refractivity (Wildman–Crippen MR) is 114 cm³/mol. The summed E-state index contributed by atoms with van der Waals surface area (Å²) < 4.78 is 10.4. The summed E-state index contributed by atoms with van der Waals surface area (Å²) in [7, 11) is 3.04.